The molecule has 528 valence electrons. The van der Waals surface area contributed by atoms with E-state index >= 15 is 0 Å². The summed E-state index contributed by atoms with van der Waals surface area (Å²) in [6, 6.07) is 0. The maximum atomic E-state index is 13.0. The van der Waals surface area contributed by atoms with Gasteiger partial charge >= 0.3 is 39.5 Å². The first-order valence-corrected chi connectivity index (χ1v) is 39.2. The Morgan fingerprint density at radius 2 is 0.539 bits per heavy atom. The Balaban J connectivity index is 5.14. The fourth-order valence-electron chi connectivity index (χ4n) is 10.5. The van der Waals surface area contributed by atoms with Crippen LogP contribution in [0.15, 0.2) is 0 Å². The quantitative estimate of drug-likeness (QED) is 0.0222. The summed E-state index contributed by atoms with van der Waals surface area (Å²) in [5.74, 6) is 0.762. The lowest BCUT2D eigenvalue weighted by atomic mass is 10.00. The van der Waals surface area contributed by atoms with Crippen LogP contribution in [0.3, 0.4) is 0 Å². The van der Waals surface area contributed by atoms with Gasteiger partial charge in [-0.15, -0.1) is 0 Å². The molecule has 3 N–H and O–H groups in total. The van der Waals surface area contributed by atoms with Crippen molar-refractivity contribution in [2.24, 2.45) is 23.7 Å². The van der Waals surface area contributed by atoms with Crippen LogP contribution in [0.25, 0.3) is 0 Å². The first-order chi connectivity index (χ1) is 42.6. The maximum absolute atomic E-state index is 13.0. The molecule has 0 saturated carbocycles. The molecule has 6 atom stereocenters. The van der Waals surface area contributed by atoms with Crippen LogP contribution in [0.4, 0.5) is 0 Å². The van der Waals surface area contributed by atoms with Crippen molar-refractivity contribution in [1.82, 2.24) is 0 Å². The Bertz CT molecular complexity index is 1770. The van der Waals surface area contributed by atoms with E-state index in [9.17, 15) is 43.2 Å². The summed E-state index contributed by atoms with van der Waals surface area (Å²) in [5.41, 5.74) is 0. The average Bonchev–Trinajstić information content (AvgIpc) is 3.63. The minimum atomic E-state index is -4.95. The fraction of sp³-hybridized carbons (Fsp3) is 0.943. The summed E-state index contributed by atoms with van der Waals surface area (Å²) < 4.78 is 68.1. The van der Waals surface area contributed by atoms with E-state index in [2.05, 4.69) is 55.4 Å². The number of aliphatic hydroxyl groups excluding tert-OH is 1. The van der Waals surface area contributed by atoms with Gasteiger partial charge in [0, 0.05) is 25.7 Å². The van der Waals surface area contributed by atoms with E-state index in [0.717, 1.165) is 115 Å². The van der Waals surface area contributed by atoms with Crippen LogP contribution >= 0.6 is 15.6 Å². The molecular formula is C70H136O17P2. The first-order valence-electron chi connectivity index (χ1n) is 36.2. The normalized spacial score (nSPS) is 14.6. The highest BCUT2D eigenvalue weighted by Gasteiger charge is 2.30. The van der Waals surface area contributed by atoms with Crippen LogP contribution in [-0.2, 0) is 65.4 Å². The third-order valence-electron chi connectivity index (χ3n) is 16.4. The Kier molecular flexibility index (Phi) is 58.5. The number of ether oxygens (including phenoxy) is 4. The molecular weight excluding hydrogens is 1170 g/mol. The van der Waals surface area contributed by atoms with Gasteiger partial charge in [0.05, 0.1) is 26.4 Å². The molecule has 17 nitrogen and oxygen atoms in total. The zero-order valence-corrected chi connectivity index (χ0v) is 59.8. The minimum absolute atomic E-state index is 0.101. The second-order valence-corrected chi connectivity index (χ2v) is 29.8. The highest BCUT2D eigenvalue weighted by molar-refractivity contribution is 7.47. The topological polar surface area (TPSA) is 237 Å². The molecule has 0 aromatic heterocycles. The number of hydrogen-bond acceptors (Lipinski definition) is 15. The third kappa shape index (κ3) is 63.2. The molecule has 0 aromatic rings. The molecule has 0 fully saturated rings. The Hall–Kier alpha value is -1.94. The van der Waals surface area contributed by atoms with Crippen molar-refractivity contribution in [1.29, 1.82) is 0 Å². The fourth-order valence-corrected chi connectivity index (χ4v) is 12.0. The number of carbonyl (C=O) groups excluding carboxylic acids is 4. The second kappa shape index (κ2) is 59.8. The van der Waals surface area contributed by atoms with Gasteiger partial charge in [0.1, 0.15) is 19.3 Å². The molecule has 0 heterocycles. The molecule has 0 bridgehead atoms. The Labute approximate surface area is 543 Å². The summed E-state index contributed by atoms with van der Waals surface area (Å²) >= 11 is 0. The van der Waals surface area contributed by atoms with E-state index < -0.39 is 97.5 Å². The van der Waals surface area contributed by atoms with Crippen molar-refractivity contribution in [3.05, 3.63) is 0 Å². The lowest BCUT2D eigenvalue weighted by Crippen LogP contribution is -2.30. The van der Waals surface area contributed by atoms with Crippen molar-refractivity contribution in [2.45, 2.75) is 363 Å². The number of rotatable bonds is 67. The van der Waals surface area contributed by atoms with Crippen molar-refractivity contribution in [3.8, 4) is 0 Å². The smallest absolute Gasteiger partial charge is 0.462 e. The summed E-state index contributed by atoms with van der Waals surface area (Å²) in [6.45, 7) is 14.0. The molecule has 19 heteroatoms. The Morgan fingerprint density at radius 3 is 0.798 bits per heavy atom. The molecule has 0 rings (SSSR count). The van der Waals surface area contributed by atoms with Gasteiger partial charge in [-0.2, -0.15) is 0 Å². The molecule has 0 aliphatic heterocycles. The third-order valence-corrected chi connectivity index (χ3v) is 18.3. The highest BCUT2D eigenvalue weighted by Crippen LogP contribution is 2.45. The molecule has 0 spiro atoms. The Morgan fingerprint density at radius 1 is 0.315 bits per heavy atom. The van der Waals surface area contributed by atoms with E-state index in [1.54, 1.807) is 0 Å². The molecule has 0 aromatic carbocycles. The van der Waals surface area contributed by atoms with E-state index in [0.29, 0.717) is 37.5 Å². The number of phosphoric acid groups is 2. The standard InChI is InChI=1S/C70H136O17P2/c1-9-63(8)49-41-33-26-29-35-43-51-68(73)81-56-65(86-69(74)52-44-36-23-21-19-17-15-13-11-10-12-14-16-18-20-22-30-38-46-60(2)3)58-84-88(76,77)82-54-64(71)55-83-89(78,79)85-59-66(87-70(75)53-45-37-28-25-32-40-48-62(6)7)57-80-67(72)50-42-34-27-24-31-39-47-61(4)5/h60-66,71H,9-59H2,1-8H3,(H,76,77)(H,78,79)/t63?,64-,65-,66-/m1/s1. The van der Waals surface area contributed by atoms with Crippen LogP contribution < -0.4 is 0 Å². The number of aliphatic hydroxyl groups is 1. The van der Waals surface area contributed by atoms with Gasteiger partial charge in [-0.3, -0.25) is 37.3 Å². The van der Waals surface area contributed by atoms with Gasteiger partial charge < -0.3 is 33.8 Å². The van der Waals surface area contributed by atoms with Gasteiger partial charge in [0.15, 0.2) is 12.2 Å². The molecule has 0 aliphatic rings. The van der Waals surface area contributed by atoms with Crippen LogP contribution in [0.2, 0.25) is 0 Å². The van der Waals surface area contributed by atoms with Crippen LogP contribution in [0, 0.1) is 23.7 Å². The van der Waals surface area contributed by atoms with Gasteiger partial charge in [0.25, 0.3) is 0 Å². The van der Waals surface area contributed by atoms with Gasteiger partial charge in [-0.05, 0) is 49.4 Å². The SMILES string of the molecule is CCC(C)CCCCCCCCC(=O)OC[C@H](COP(=O)(O)OC[C@@H](O)COP(=O)(O)OC[C@@H](COC(=O)CCCCCCCCC(C)C)OC(=O)CCCCCCCCC(C)C)OC(=O)CCCCCCCCCCCCCCCCCCCCC(C)C. The van der Waals surface area contributed by atoms with E-state index in [1.807, 2.05) is 0 Å². The van der Waals surface area contributed by atoms with E-state index in [4.69, 9.17) is 37.0 Å². The van der Waals surface area contributed by atoms with Crippen LogP contribution in [0.5, 0.6) is 0 Å². The molecule has 0 radical (unpaired) electrons. The van der Waals surface area contributed by atoms with Crippen molar-refractivity contribution < 1.29 is 80.2 Å². The van der Waals surface area contributed by atoms with Gasteiger partial charge in [-0.1, -0.05) is 293 Å². The van der Waals surface area contributed by atoms with Gasteiger partial charge in [-0.25, -0.2) is 9.13 Å². The molecule has 0 aliphatic carbocycles. The molecule has 89 heavy (non-hydrogen) atoms. The predicted octanol–water partition coefficient (Wildman–Crippen LogP) is 19.7. The lowest BCUT2D eigenvalue weighted by molar-refractivity contribution is -0.161. The average molecular weight is 1310 g/mol. The predicted molar refractivity (Wildman–Crippen MR) is 358 cm³/mol. The molecule has 0 amide bonds. The zero-order valence-electron chi connectivity index (χ0n) is 58.1. The second-order valence-electron chi connectivity index (χ2n) is 26.9. The van der Waals surface area contributed by atoms with Crippen LogP contribution in [-0.4, -0.2) is 96.7 Å². The largest absolute Gasteiger partial charge is 0.472 e. The van der Waals surface area contributed by atoms with E-state index in [1.165, 1.54) is 135 Å². The van der Waals surface area contributed by atoms with Crippen molar-refractivity contribution in [2.75, 3.05) is 39.6 Å². The van der Waals surface area contributed by atoms with Crippen molar-refractivity contribution >= 4 is 39.5 Å². The lowest BCUT2D eigenvalue weighted by Gasteiger charge is -2.21. The number of esters is 4. The van der Waals surface area contributed by atoms with E-state index in [-0.39, 0.29) is 25.7 Å². The summed E-state index contributed by atoms with van der Waals surface area (Å²) in [4.78, 5) is 72.4. The number of carbonyl (C=O) groups is 4. The monoisotopic (exact) mass is 1310 g/mol. The molecule has 0 saturated heterocycles. The number of unbranched alkanes of at least 4 members (excludes halogenated alkanes) is 32. The van der Waals surface area contributed by atoms with Gasteiger partial charge in [0.2, 0.25) is 0 Å². The molecule has 3 unspecified atom stereocenters. The summed E-state index contributed by atoms with van der Waals surface area (Å²) in [5, 5.41) is 10.6. The zero-order chi connectivity index (χ0) is 66.1. The summed E-state index contributed by atoms with van der Waals surface area (Å²) in [6.07, 6.45) is 42.3. The number of phosphoric ester groups is 2. The minimum Gasteiger partial charge on any atom is -0.462 e. The number of hydrogen-bond donors (Lipinski definition) is 3. The highest BCUT2D eigenvalue weighted by atomic mass is 31.2. The summed E-state index contributed by atoms with van der Waals surface area (Å²) in [7, 11) is -9.90. The van der Waals surface area contributed by atoms with Crippen molar-refractivity contribution in [3.63, 3.8) is 0 Å². The maximum Gasteiger partial charge on any atom is 0.472 e. The van der Waals surface area contributed by atoms with Crippen LogP contribution in [0.1, 0.15) is 344 Å². The first kappa shape index (κ1) is 87.1.